The van der Waals surface area contributed by atoms with E-state index in [4.69, 9.17) is 0 Å². The molecule has 0 radical (unpaired) electrons. The Balaban J connectivity index is 1.97. The summed E-state index contributed by atoms with van der Waals surface area (Å²) in [5.41, 5.74) is 1.60. The number of fused-ring (bicyclic) bond motifs is 1. The standard InChI is InChI=1S/C12H15N3O4S4/c1-3-21-12(23-11-14-13-4-20-11)7(10(18)19)15-8(17)6(5(2)16)9(15)22-12/h4-7,9,16H,3H2,1-2H3,(H,18,19)/t5?,6-,7?,9+,12?/m0/s1. The molecule has 3 heterocycles. The van der Waals surface area contributed by atoms with Gasteiger partial charge in [-0.1, -0.05) is 30.0 Å². The molecule has 0 spiro atoms. The average Bonchev–Trinajstić information content (AvgIpc) is 3.04. The zero-order chi connectivity index (χ0) is 16.8. The molecule has 3 unspecified atom stereocenters. The van der Waals surface area contributed by atoms with Gasteiger partial charge in [0.25, 0.3) is 0 Å². The fourth-order valence-corrected chi connectivity index (χ4v) is 9.51. The Hall–Kier alpha value is -0.490. The van der Waals surface area contributed by atoms with Crippen molar-refractivity contribution in [1.29, 1.82) is 0 Å². The quantitative estimate of drug-likeness (QED) is 0.548. The van der Waals surface area contributed by atoms with E-state index in [2.05, 4.69) is 10.2 Å². The Morgan fingerprint density at radius 3 is 2.87 bits per heavy atom. The summed E-state index contributed by atoms with van der Waals surface area (Å²) in [6, 6.07) is -0.959. The summed E-state index contributed by atoms with van der Waals surface area (Å²) in [5.74, 6) is -1.16. The second kappa shape index (κ2) is 6.43. The monoisotopic (exact) mass is 393 g/mol. The van der Waals surface area contributed by atoms with Gasteiger partial charge in [0.1, 0.15) is 8.92 Å². The van der Waals surface area contributed by atoms with Gasteiger partial charge < -0.3 is 15.1 Å². The minimum absolute atomic E-state index is 0.290. The van der Waals surface area contributed by atoms with Crippen molar-refractivity contribution >= 4 is 58.5 Å². The zero-order valence-corrected chi connectivity index (χ0v) is 15.5. The molecule has 0 saturated carbocycles. The van der Waals surface area contributed by atoms with Gasteiger partial charge in [0.05, 0.1) is 17.4 Å². The van der Waals surface area contributed by atoms with Crippen molar-refractivity contribution in [2.24, 2.45) is 5.92 Å². The van der Waals surface area contributed by atoms with Crippen molar-refractivity contribution in [3.63, 3.8) is 0 Å². The first kappa shape index (κ1) is 17.3. The Morgan fingerprint density at radius 1 is 1.61 bits per heavy atom. The second-order valence-electron chi connectivity index (χ2n) is 5.10. The van der Waals surface area contributed by atoms with Gasteiger partial charge in [0, 0.05) is 0 Å². The minimum atomic E-state index is -1.03. The smallest absolute Gasteiger partial charge is 0.329 e. The summed E-state index contributed by atoms with van der Waals surface area (Å²) in [6.45, 7) is 3.52. The number of aliphatic carboxylic acids is 1. The van der Waals surface area contributed by atoms with Crippen LogP contribution in [0.4, 0.5) is 0 Å². The molecular weight excluding hydrogens is 378 g/mol. The normalized spacial score (nSPS) is 34.1. The summed E-state index contributed by atoms with van der Waals surface area (Å²) < 4.78 is -0.113. The van der Waals surface area contributed by atoms with Crippen molar-refractivity contribution in [3.05, 3.63) is 5.51 Å². The number of nitrogens with zero attached hydrogens (tertiary/aromatic N) is 3. The highest BCUT2D eigenvalue weighted by Crippen LogP contribution is 2.64. The molecule has 2 N–H and O–H groups in total. The molecule has 7 nitrogen and oxygen atoms in total. The van der Waals surface area contributed by atoms with Crippen LogP contribution in [-0.4, -0.2) is 63.9 Å². The van der Waals surface area contributed by atoms with Gasteiger partial charge in [0.15, 0.2) is 10.4 Å². The van der Waals surface area contributed by atoms with Crippen LogP contribution in [-0.2, 0) is 9.59 Å². The summed E-state index contributed by atoms with van der Waals surface area (Å²) in [5, 5.41) is 27.1. The van der Waals surface area contributed by atoms with E-state index in [0.717, 1.165) is 0 Å². The molecule has 5 atom stereocenters. The molecule has 1 aromatic heterocycles. The number of carbonyl (C=O) groups excluding carboxylic acids is 1. The first-order valence-electron chi connectivity index (χ1n) is 6.91. The zero-order valence-electron chi connectivity index (χ0n) is 12.3. The lowest BCUT2D eigenvalue weighted by molar-refractivity contribution is -0.166. The third kappa shape index (κ3) is 2.76. The maximum atomic E-state index is 12.3. The number of carboxylic acids is 1. The largest absolute Gasteiger partial charge is 0.480 e. The Kier molecular flexibility index (Phi) is 4.85. The van der Waals surface area contributed by atoms with Gasteiger partial charge in [-0.05, 0) is 12.7 Å². The third-order valence-electron chi connectivity index (χ3n) is 3.69. The van der Waals surface area contributed by atoms with Crippen LogP contribution in [0.1, 0.15) is 13.8 Å². The average molecular weight is 394 g/mol. The number of aliphatic hydroxyl groups excluding tert-OH is 1. The van der Waals surface area contributed by atoms with E-state index in [1.165, 1.54) is 51.5 Å². The van der Waals surface area contributed by atoms with Crippen LogP contribution >= 0.6 is 46.6 Å². The van der Waals surface area contributed by atoms with Gasteiger partial charge >= 0.3 is 5.97 Å². The van der Waals surface area contributed by atoms with E-state index in [1.54, 1.807) is 12.4 Å². The van der Waals surface area contributed by atoms with E-state index < -0.39 is 27.4 Å². The Morgan fingerprint density at radius 2 is 2.35 bits per heavy atom. The molecule has 2 aliphatic heterocycles. The second-order valence-corrected chi connectivity index (χ2v) is 11.1. The summed E-state index contributed by atoms with van der Waals surface area (Å²) in [7, 11) is 0. The van der Waals surface area contributed by atoms with E-state index in [1.807, 2.05) is 6.92 Å². The number of carbonyl (C=O) groups is 2. The first-order chi connectivity index (χ1) is 10.9. The number of thioether (sulfide) groups is 3. The maximum Gasteiger partial charge on any atom is 0.329 e. The lowest BCUT2D eigenvalue weighted by Gasteiger charge is -2.44. The minimum Gasteiger partial charge on any atom is -0.480 e. The molecular formula is C12H15N3O4S4. The van der Waals surface area contributed by atoms with Crippen LogP contribution in [0.15, 0.2) is 9.85 Å². The van der Waals surface area contributed by atoms with Crippen molar-refractivity contribution in [1.82, 2.24) is 15.1 Å². The van der Waals surface area contributed by atoms with Gasteiger partial charge in [-0.25, -0.2) is 4.79 Å². The van der Waals surface area contributed by atoms with E-state index >= 15 is 0 Å². The number of β-lactam (4-membered cyclic amide) rings is 1. The van der Waals surface area contributed by atoms with Crippen molar-refractivity contribution in [3.8, 4) is 0 Å². The lowest BCUT2D eigenvalue weighted by atomic mass is 9.91. The predicted molar refractivity (Wildman–Crippen MR) is 91.4 cm³/mol. The van der Waals surface area contributed by atoms with Crippen molar-refractivity contribution in [2.75, 3.05) is 5.75 Å². The number of amides is 1. The highest BCUT2D eigenvalue weighted by atomic mass is 32.3. The maximum absolute atomic E-state index is 12.3. The SMILES string of the molecule is CCSC1(Sc2nncs2)S[C@@H]2[C@@H](C(C)O)C(=O)N2C1C(=O)O. The third-order valence-corrected chi connectivity index (χ3v) is 9.49. The molecule has 23 heavy (non-hydrogen) atoms. The van der Waals surface area contributed by atoms with Crippen LogP contribution in [0, 0.1) is 5.92 Å². The molecule has 11 heteroatoms. The van der Waals surface area contributed by atoms with Gasteiger partial charge in [-0.15, -0.1) is 33.7 Å². The molecule has 126 valence electrons. The van der Waals surface area contributed by atoms with Crippen LogP contribution in [0.2, 0.25) is 0 Å². The summed E-state index contributed by atoms with van der Waals surface area (Å²) in [6.07, 6.45) is -0.792. The van der Waals surface area contributed by atoms with Crippen LogP contribution in [0.25, 0.3) is 0 Å². The van der Waals surface area contributed by atoms with Crippen LogP contribution in [0.3, 0.4) is 0 Å². The van der Waals surface area contributed by atoms with Crippen LogP contribution in [0.5, 0.6) is 0 Å². The molecule has 0 bridgehead atoms. The topological polar surface area (TPSA) is 104 Å². The lowest BCUT2D eigenvalue weighted by Crippen LogP contribution is -2.65. The first-order valence-corrected chi connectivity index (χ1v) is 10.5. The summed E-state index contributed by atoms with van der Waals surface area (Å²) >= 11 is 5.62. The van der Waals surface area contributed by atoms with Crippen molar-refractivity contribution < 1.29 is 19.8 Å². The van der Waals surface area contributed by atoms with Gasteiger partial charge in [0.2, 0.25) is 5.91 Å². The summed E-state index contributed by atoms with van der Waals surface area (Å²) in [4.78, 5) is 25.6. The van der Waals surface area contributed by atoms with Gasteiger partial charge in [-0.2, -0.15) is 0 Å². The van der Waals surface area contributed by atoms with Crippen LogP contribution < -0.4 is 0 Å². The molecule has 0 aliphatic carbocycles. The fraction of sp³-hybridized carbons (Fsp3) is 0.667. The number of rotatable bonds is 6. The molecule has 2 aliphatic rings. The Labute approximate surface area is 149 Å². The molecule has 1 amide bonds. The van der Waals surface area contributed by atoms with Crippen molar-refractivity contribution in [2.45, 2.75) is 39.1 Å². The predicted octanol–water partition coefficient (Wildman–Crippen LogP) is 1.40. The number of hydrogen-bond donors (Lipinski definition) is 2. The highest BCUT2D eigenvalue weighted by Gasteiger charge is 2.68. The van der Waals surface area contributed by atoms with E-state index in [-0.39, 0.29) is 11.3 Å². The molecule has 2 saturated heterocycles. The number of aliphatic hydroxyl groups is 1. The molecule has 0 aromatic carbocycles. The number of aromatic nitrogens is 2. The van der Waals surface area contributed by atoms with E-state index in [0.29, 0.717) is 10.1 Å². The number of hydrogen-bond acceptors (Lipinski definition) is 9. The molecule has 3 rings (SSSR count). The molecule has 1 aromatic rings. The number of carboxylic acid groups (broad SMARTS) is 1. The fourth-order valence-electron chi connectivity index (χ4n) is 2.79. The molecule has 2 fully saturated rings. The van der Waals surface area contributed by atoms with Gasteiger partial charge in [-0.3, -0.25) is 4.79 Å². The Bertz CT molecular complexity index is 613. The highest BCUT2D eigenvalue weighted by molar-refractivity contribution is 8.34. The van der Waals surface area contributed by atoms with E-state index in [9.17, 15) is 19.8 Å².